The number of anilines is 2. The van der Waals surface area contributed by atoms with Crippen LogP contribution in [0.4, 0.5) is 11.4 Å². The van der Waals surface area contributed by atoms with Crippen LogP contribution in [0.2, 0.25) is 0 Å². The first kappa shape index (κ1) is 35.0. The molecule has 4 aromatic carbocycles. The van der Waals surface area contributed by atoms with E-state index in [1.165, 1.54) is 44.5 Å². The fourth-order valence-corrected chi connectivity index (χ4v) is 6.91. The van der Waals surface area contributed by atoms with Crippen molar-refractivity contribution in [3.8, 4) is 22.3 Å². The van der Waals surface area contributed by atoms with E-state index in [0.29, 0.717) is 0 Å². The van der Waals surface area contributed by atoms with E-state index in [2.05, 4.69) is 169 Å². The van der Waals surface area contributed by atoms with E-state index in [4.69, 9.17) is 0 Å². The summed E-state index contributed by atoms with van der Waals surface area (Å²) in [4.78, 5) is 2.39. The van der Waals surface area contributed by atoms with Crippen LogP contribution in [0.25, 0.3) is 22.3 Å². The van der Waals surface area contributed by atoms with E-state index in [9.17, 15) is 0 Å². The molecule has 0 aliphatic heterocycles. The van der Waals surface area contributed by atoms with Crippen LogP contribution in [-0.2, 0) is 10.8 Å². The summed E-state index contributed by atoms with van der Waals surface area (Å²) < 4.78 is 0. The molecule has 0 fully saturated rings. The molecule has 2 aliphatic rings. The molecule has 0 heterocycles. The van der Waals surface area contributed by atoms with Crippen molar-refractivity contribution in [3.05, 3.63) is 181 Å². The molecule has 0 amide bonds. The molecule has 2 aliphatic carbocycles. The highest BCUT2D eigenvalue weighted by atomic mass is 15.1. The zero-order valence-corrected chi connectivity index (χ0v) is 29.7. The van der Waals surface area contributed by atoms with E-state index >= 15 is 0 Å². The first-order valence-electron chi connectivity index (χ1n) is 16.6. The maximum atomic E-state index is 4.40. The third-order valence-corrected chi connectivity index (χ3v) is 9.27. The Labute approximate surface area is 284 Å². The van der Waals surface area contributed by atoms with Crippen molar-refractivity contribution < 1.29 is 0 Å². The number of hydrogen-bond acceptors (Lipinski definition) is 1. The van der Waals surface area contributed by atoms with Gasteiger partial charge in [-0.3, -0.25) is 0 Å². The van der Waals surface area contributed by atoms with Crippen molar-refractivity contribution in [1.82, 2.24) is 0 Å². The van der Waals surface area contributed by atoms with Gasteiger partial charge >= 0.3 is 0 Å². The second-order valence-corrected chi connectivity index (χ2v) is 13.0. The van der Waals surface area contributed by atoms with Crippen LogP contribution in [0.1, 0.15) is 77.6 Å². The first-order chi connectivity index (χ1) is 22.6. The Hall–Kier alpha value is -4.88. The van der Waals surface area contributed by atoms with Gasteiger partial charge in [0.2, 0.25) is 0 Å². The number of benzene rings is 4. The van der Waals surface area contributed by atoms with Crippen LogP contribution in [0.15, 0.2) is 158 Å². The van der Waals surface area contributed by atoms with Crippen molar-refractivity contribution in [2.45, 2.75) is 66.2 Å². The number of fused-ring (bicyclic) bond motifs is 6. The van der Waals surface area contributed by atoms with E-state index in [0.717, 1.165) is 22.6 Å². The summed E-state index contributed by atoms with van der Waals surface area (Å²) in [6, 6.07) is 31.6. The lowest BCUT2D eigenvalue weighted by molar-refractivity contribution is 0.660. The zero-order valence-electron chi connectivity index (χ0n) is 29.7. The average molecular weight is 618 g/mol. The number of allylic oxidation sites excluding steroid dienone is 8. The third-order valence-electron chi connectivity index (χ3n) is 9.27. The topological polar surface area (TPSA) is 3.24 Å². The van der Waals surface area contributed by atoms with Crippen molar-refractivity contribution >= 4 is 11.4 Å². The molecule has 0 atom stereocenters. The van der Waals surface area contributed by atoms with Crippen LogP contribution in [0, 0.1) is 0 Å². The highest BCUT2D eigenvalue weighted by molar-refractivity contribution is 5.87. The van der Waals surface area contributed by atoms with Gasteiger partial charge in [-0.15, -0.1) is 13.2 Å². The summed E-state index contributed by atoms with van der Waals surface area (Å²) in [5.74, 6) is 0. The van der Waals surface area contributed by atoms with Crippen molar-refractivity contribution in [3.63, 3.8) is 0 Å². The predicted molar refractivity (Wildman–Crippen MR) is 209 cm³/mol. The highest BCUT2D eigenvalue weighted by Gasteiger charge is 2.37. The van der Waals surface area contributed by atoms with Crippen LogP contribution < -0.4 is 4.90 Å². The normalized spacial score (nSPS) is 14.9. The van der Waals surface area contributed by atoms with Gasteiger partial charge in [-0.1, -0.05) is 131 Å². The lowest BCUT2D eigenvalue weighted by Gasteiger charge is -2.31. The number of rotatable bonds is 6. The molecule has 0 aromatic heterocycles. The van der Waals surface area contributed by atoms with Gasteiger partial charge in [-0.2, -0.15) is 0 Å². The number of nitrogens with zero attached hydrogens (tertiary/aromatic N) is 1. The zero-order chi connectivity index (χ0) is 34.4. The summed E-state index contributed by atoms with van der Waals surface area (Å²) in [5, 5.41) is 0. The molecule has 0 bridgehead atoms. The van der Waals surface area contributed by atoms with Gasteiger partial charge in [-0.25, -0.2) is 0 Å². The fourth-order valence-electron chi connectivity index (χ4n) is 6.91. The molecule has 0 unspecified atom stereocenters. The molecule has 0 saturated heterocycles. The smallest absolute Gasteiger partial charge is 0.0484 e. The molecule has 0 saturated carbocycles. The van der Waals surface area contributed by atoms with Crippen LogP contribution in [0.3, 0.4) is 0 Å². The second kappa shape index (κ2) is 14.7. The Morgan fingerprint density at radius 2 is 0.936 bits per heavy atom. The van der Waals surface area contributed by atoms with Gasteiger partial charge in [0.05, 0.1) is 0 Å². The molecule has 0 radical (unpaired) electrons. The molecule has 1 heteroatoms. The van der Waals surface area contributed by atoms with Gasteiger partial charge in [0.1, 0.15) is 0 Å². The second-order valence-electron chi connectivity index (χ2n) is 13.0. The van der Waals surface area contributed by atoms with Crippen LogP contribution in [0.5, 0.6) is 0 Å². The summed E-state index contributed by atoms with van der Waals surface area (Å²) >= 11 is 0. The Kier molecular flexibility index (Phi) is 10.9. The Morgan fingerprint density at radius 3 is 1.32 bits per heavy atom. The maximum absolute atomic E-state index is 4.40. The minimum Gasteiger partial charge on any atom is -0.310 e. The van der Waals surface area contributed by atoms with Gasteiger partial charge in [0.15, 0.2) is 0 Å². The van der Waals surface area contributed by atoms with Gasteiger partial charge in [-0.05, 0) is 108 Å². The Bertz CT molecular complexity index is 1750. The summed E-state index contributed by atoms with van der Waals surface area (Å²) in [6.07, 6.45) is 14.4. The molecule has 240 valence electrons. The van der Waals surface area contributed by atoms with Crippen molar-refractivity contribution in [2.24, 2.45) is 0 Å². The highest BCUT2D eigenvalue weighted by Crippen LogP contribution is 2.52. The lowest BCUT2D eigenvalue weighted by Crippen LogP contribution is -2.20. The molecule has 1 nitrogen and oxygen atoms in total. The predicted octanol–water partition coefficient (Wildman–Crippen LogP) is 13.4. The SMILES string of the molecule is C/C=C\C=C/C.C=C.C=C(C)/C(=C\C=C/C)N(c1ccc2c(c1)C(C)(C)c1ccccc1-2)c1ccc2c(c1)C(C)(C)c1ccccc1-2. The van der Waals surface area contributed by atoms with Crippen molar-refractivity contribution in [2.75, 3.05) is 4.90 Å². The summed E-state index contributed by atoms with van der Waals surface area (Å²) in [5.41, 5.74) is 15.2. The molecule has 6 rings (SSSR count). The minimum absolute atomic E-state index is 0.0639. The van der Waals surface area contributed by atoms with E-state index in [-0.39, 0.29) is 10.8 Å². The summed E-state index contributed by atoms with van der Waals surface area (Å²) in [7, 11) is 0. The average Bonchev–Trinajstić information content (AvgIpc) is 3.46. The minimum atomic E-state index is -0.0639. The first-order valence-corrected chi connectivity index (χ1v) is 16.6. The summed E-state index contributed by atoms with van der Waals surface area (Å²) in [6.45, 7) is 27.9. The third kappa shape index (κ3) is 6.54. The van der Waals surface area contributed by atoms with Crippen molar-refractivity contribution in [1.29, 1.82) is 0 Å². The molecule has 0 N–H and O–H groups in total. The van der Waals surface area contributed by atoms with E-state index < -0.39 is 0 Å². The molecular formula is C46H51N. The van der Waals surface area contributed by atoms with Gasteiger partial charge < -0.3 is 4.90 Å². The van der Waals surface area contributed by atoms with Crippen LogP contribution >= 0.6 is 0 Å². The van der Waals surface area contributed by atoms with E-state index in [1.54, 1.807) is 0 Å². The molecule has 47 heavy (non-hydrogen) atoms. The van der Waals surface area contributed by atoms with Gasteiger partial charge in [0.25, 0.3) is 0 Å². The lowest BCUT2D eigenvalue weighted by atomic mass is 9.82. The van der Waals surface area contributed by atoms with Gasteiger partial charge in [0, 0.05) is 27.9 Å². The molecule has 4 aromatic rings. The maximum Gasteiger partial charge on any atom is 0.0484 e. The fraction of sp³-hybridized carbons (Fsp3) is 0.217. The quantitative estimate of drug-likeness (QED) is 0.154. The Balaban J connectivity index is 0.000000564. The molecular weight excluding hydrogens is 567 g/mol. The monoisotopic (exact) mass is 617 g/mol. The number of hydrogen-bond donors (Lipinski definition) is 0. The Morgan fingerprint density at radius 1 is 0.553 bits per heavy atom. The van der Waals surface area contributed by atoms with E-state index in [1.807, 2.05) is 38.2 Å². The molecule has 0 spiro atoms. The largest absolute Gasteiger partial charge is 0.310 e. The standard InChI is InChI=1S/C38H37N.C6H10.C2H4/c1-8-9-18-36(25(2)3)39(26-19-21-30-28-14-10-12-16-32(28)37(4,5)34(30)23-26)27-20-22-31-29-15-11-13-17-33(29)38(6,7)35(31)24-27;1-3-5-6-4-2;1-2/h8-24H,2H2,1,3-7H3;3-6H,1-2H3;1-2H2/b9-8-,36-18+;5-3-,6-4-;. The van der Waals surface area contributed by atoms with Crippen LogP contribution in [-0.4, -0.2) is 0 Å².